The highest BCUT2D eigenvalue weighted by Crippen LogP contribution is 2.44. The standard InChI is InChI=1S/C30H25NO2S/c32-27(23-17-9-3-10-18-23)29-25(21-13-5-1-6-14-21)31-26(22-15-7-2-8-16-22)30(34-29)28(33)24-19-11-4-12-20-24/h1-20,25-26,29-31H. The number of Topliss-reactive ketones (excluding diaryl/α,β-unsaturated/α-hetero) is 2. The third-order valence-corrected chi connectivity index (χ3v) is 7.77. The van der Waals surface area contributed by atoms with Gasteiger partial charge >= 0.3 is 0 Å². The summed E-state index contributed by atoms with van der Waals surface area (Å²) in [7, 11) is 0. The molecule has 0 aliphatic carbocycles. The molecule has 0 aromatic heterocycles. The zero-order valence-electron chi connectivity index (χ0n) is 18.6. The normalized spacial score (nSPS) is 22.1. The van der Waals surface area contributed by atoms with Crippen LogP contribution in [0.2, 0.25) is 0 Å². The number of nitrogens with one attached hydrogen (secondary N) is 1. The molecule has 4 unspecified atom stereocenters. The zero-order valence-corrected chi connectivity index (χ0v) is 19.4. The summed E-state index contributed by atoms with van der Waals surface area (Å²) in [6.07, 6.45) is 0. The maximum absolute atomic E-state index is 13.8. The molecule has 5 rings (SSSR count). The number of carbonyl (C=O) groups excluding carboxylic acids is 2. The molecule has 3 nitrogen and oxygen atoms in total. The molecule has 4 atom stereocenters. The van der Waals surface area contributed by atoms with Gasteiger partial charge in [-0.1, -0.05) is 121 Å². The minimum Gasteiger partial charge on any atom is -0.300 e. The molecule has 0 saturated carbocycles. The first-order chi connectivity index (χ1) is 16.7. The van der Waals surface area contributed by atoms with Gasteiger partial charge in [-0.3, -0.25) is 9.59 Å². The van der Waals surface area contributed by atoms with Crippen LogP contribution in [0.1, 0.15) is 43.9 Å². The van der Waals surface area contributed by atoms with E-state index in [1.165, 1.54) is 11.8 Å². The second-order valence-electron chi connectivity index (χ2n) is 8.38. The average Bonchev–Trinajstić information content (AvgIpc) is 2.93. The molecule has 1 fully saturated rings. The third kappa shape index (κ3) is 4.60. The fourth-order valence-electron chi connectivity index (χ4n) is 4.51. The molecule has 34 heavy (non-hydrogen) atoms. The lowest BCUT2D eigenvalue weighted by molar-refractivity contribution is 0.0951. The Morgan fingerprint density at radius 1 is 0.500 bits per heavy atom. The number of thioether (sulfide) groups is 1. The molecule has 1 heterocycles. The lowest BCUT2D eigenvalue weighted by atomic mass is 9.91. The molecular weight excluding hydrogens is 438 g/mol. The topological polar surface area (TPSA) is 46.2 Å². The molecule has 1 N–H and O–H groups in total. The van der Waals surface area contributed by atoms with Gasteiger partial charge in [0.05, 0.1) is 22.6 Å². The van der Waals surface area contributed by atoms with Crippen molar-refractivity contribution in [2.75, 3.05) is 0 Å². The van der Waals surface area contributed by atoms with E-state index in [2.05, 4.69) is 5.32 Å². The smallest absolute Gasteiger partial charge is 0.177 e. The van der Waals surface area contributed by atoms with Crippen LogP contribution in [0, 0.1) is 0 Å². The van der Waals surface area contributed by atoms with Gasteiger partial charge < -0.3 is 5.32 Å². The van der Waals surface area contributed by atoms with Gasteiger partial charge in [0.25, 0.3) is 0 Å². The Labute approximate surface area is 204 Å². The summed E-state index contributed by atoms with van der Waals surface area (Å²) < 4.78 is 0. The second kappa shape index (κ2) is 10.2. The van der Waals surface area contributed by atoms with Crippen LogP contribution in [0.25, 0.3) is 0 Å². The minimum absolute atomic E-state index is 0.0318. The largest absolute Gasteiger partial charge is 0.300 e. The Balaban J connectivity index is 1.59. The van der Waals surface area contributed by atoms with Crippen LogP contribution < -0.4 is 5.32 Å². The third-order valence-electron chi connectivity index (χ3n) is 6.21. The van der Waals surface area contributed by atoms with E-state index >= 15 is 0 Å². The minimum atomic E-state index is -0.442. The first-order valence-electron chi connectivity index (χ1n) is 11.4. The Morgan fingerprint density at radius 3 is 1.18 bits per heavy atom. The number of carbonyl (C=O) groups is 2. The molecular formula is C30H25NO2S. The fraction of sp³-hybridized carbons (Fsp3) is 0.133. The predicted molar refractivity (Wildman–Crippen MR) is 138 cm³/mol. The molecule has 4 heteroatoms. The summed E-state index contributed by atoms with van der Waals surface area (Å²) in [5, 5.41) is 2.84. The van der Waals surface area contributed by atoms with Gasteiger partial charge in [0.15, 0.2) is 11.6 Å². The van der Waals surface area contributed by atoms with E-state index in [9.17, 15) is 9.59 Å². The first-order valence-corrected chi connectivity index (χ1v) is 12.4. The first kappa shape index (κ1) is 22.3. The summed E-state index contributed by atoms with van der Waals surface area (Å²) in [4.78, 5) is 27.5. The van der Waals surface area contributed by atoms with Crippen LogP contribution >= 0.6 is 11.8 Å². The zero-order chi connectivity index (χ0) is 23.3. The molecule has 4 aromatic rings. The molecule has 0 bridgehead atoms. The lowest BCUT2D eigenvalue weighted by Gasteiger charge is -2.41. The van der Waals surface area contributed by atoms with E-state index in [-0.39, 0.29) is 23.7 Å². The lowest BCUT2D eigenvalue weighted by Crippen LogP contribution is -2.49. The van der Waals surface area contributed by atoms with Crippen molar-refractivity contribution in [3.05, 3.63) is 144 Å². The Kier molecular flexibility index (Phi) is 6.70. The van der Waals surface area contributed by atoms with Crippen LogP contribution in [-0.4, -0.2) is 22.1 Å². The monoisotopic (exact) mass is 463 g/mol. The van der Waals surface area contributed by atoms with Gasteiger partial charge in [-0.05, 0) is 11.1 Å². The summed E-state index contributed by atoms with van der Waals surface area (Å²) in [5.74, 6) is 0.0636. The van der Waals surface area contributed by atoms with Gasteiger partial charge in [0.1, 0.15) is 0 Å². The highest BCUT2D eigenvalue weighted by molar-refractivity contribution is 8.02. The summed E-state index contributed by atoms with van der Waals surface area (Å²) in [6.45, 7) is 0. The van der Waals surface area contributed by atoms with Crippen molar-refractivity contribution in [2.45, 2.75) is 22.6 Å². The maximum atomic E-state index is 13.8. The number of hydrogen-bond acceptors (Lipinski definition) is 4. The van der Waals surface area contributed by atoms with Crippen molar-refractivity contribution in [1.29, 1.82) is 0 Å². The summed E-state index contributed by atoms with van der Waals surface area (Å²) >= 11 is 1.48. The van der Waals surface area contributed by atoms with E-state index in [0.29, 0.717) is 11.1 Å². The van der Waals surface area contributed by atoms with Crippen LogP contribution in [0.5, 0.6) is 0 Å². The van der Waals surface area contributed by atoms with Crippen molar-refractivity contribution in [3.63, 3.8) is 0 Å². The van der Waals surface area contributed by atoms with E-state index in [0.717, 1.165) is 11.1 Å². The van der Waals surface area contributed by atoms with Crippen LogP contribution in [-0.2, 0) is 0 Å². The molecule has 168 valence electrons. The van der Waals surface area contributed by atoms with E-state index in [1.807, 2.05) is 121 Å². The number of hydrogen-bond donors (Lipinski definition) is 1. The summed E-state index contributed by atoms with van der Waals surface area (Å²) in [6, 6.07) is 38.4. The molecule has 1 aliphatic heterocycles. The number of ketones is 2. The van der Waals surface area contributed by atoms with Crippen LogP contribution in [0.15, 0.2) is 121 Å². The number of benzene rings is 4. The molecule has 4 aromatic carbocycles. The van der Waals surface area contributed by atoms with Gasteiger partial charge in [0.2, 0.25) is 0 Å². The van der Waals surface area contributed by atoms with E-state index in [4.69, 9.17) is 0 Å². The second-order valence-corrected chi connectivity index (χ2v) is 9.67. The van der Waals surface area contributed by atoms with Crippen LogP contribution in [0.4, 0.5) is 0 Å². The Morgan fingerprint density at radius 2 is 0.824 bits per heavy atom. The highest BCUT2D eigenvalue weighted by Gasteiger charge is 2.45. The highest BCUT2D eigenvalue weighted by atomic mass is 32.2. The Bertz CT molecular complexity index is 1150. The molecule has 0 amide bonds. The maximum Gasteiger partial charge on any atom is 0.177 e. The molecule has 0 spiro atoms. The van der Waals surface area contributed by atoms with E-state index in [1.54, 1.807) is 0 Å². The van der Waals surface area contributed by atoms with Crippen molar-refractivity contribution in [3.8, 4) is 0 Å². The van der Waals surface area contributed by atoms with Gasteiger partial charge in [-0.15, -0.1) is 11.8 Å². The average molecular weight is 464 g/mol. The molecule has 1 aliphatic rings. The number of rotatable bonds is 6. The van der Waals surface area contributed by atoms with Gasteiger partial charge in [-0.25, -0.2) is 0 Å². The van der Waals surface area contributed by atoms with Crippen molar-refractivity contribution in [2.24, 2.45) is 0 Å². The van der Waals surface area contributed by atoms with E-state index < -0.39 is 10.5 Å². The van der Waals surface area contributed by atoms with Crippen LogP contribution in [0.3, 0.4) is 0 Å². The SMILES string of the molecule is O=C(c1ccccc1)C1SC(C(=O)c2ccccc2)C(c2ccccc2)NC1c1ccccc1. The Hall–Kier alpha value is -3.47. The van der Waals surface area contributed by atoms with Crippen molar-refractivity contribution >= 4 is 23.3 Å². The van der Waals surface area contributed by atoms with Gasteiger partial charge in [-0.2, -0.15) is 0 Å². The molecule has 0 radical (unpaired) electrons. The van der Waals surface area contributed by atoms with Crippen molar-refractivity contribution < 1.29 is 9.59 Å². The summed E-state index contributed by atoms with van der Waals surface area (Å²) in [5.41, 5.74) is 3.39. The van der Waals surface area contributed by atoms with Crippen molar-refractivity contribution in [1.82, 2.24) is 5.32 Å². The molecule has 1 saturated heterocycles. The van der Waals surface area contributed by atoms with Gasteiger partial charge in [0, 0.05) is 11.1 Å². The predicted octanol–water partition coefficient (Wildman–Crippen LogP) is 6.31. The quantitative estimate of drug-likeness (QED) is 0.341. The fourth-order valence-corrected chi connectivity index (χ4v) is 6.13.